The first-order valence-electron chi connectivity index (χ1n) is 8.46. The third-order valence-electron chi connectivity index (χ3n) is 4.63. The van der Waals surface area contributed by atoms with Gasteiger partial charge in [-0.25, -0.2) is 0 Å². The van der Waals surface area contributed by atoms with Crippen LogP contribution in [-0.2, 0) is 0 Å². The van der Waals surface area contributed by atoms with Gasteiger partial charge in [0.25, 0.3) is 0 Å². The number of nitrogens with zero attached hydrogens (tertiary/aromatic N) is 1. The lowest BCUT2D eigenvalue weighted by atomic mass is 9.92. The van der Waals surface area contributed by atoms with Crippen molar-refractivity contribution < 1.29 is 4.74 Å². The maximum absolute atomic E-state index is 6.27. The quantitative estimate of drug-likeness (QED) is 0.883. The highest BCUT2D eigenvalue weighted by Crippen LogP contribution is 2.30. The molecule has 2 N–H and O–H groups in total. The average Bonchev–Trinajstić information content (AvgIpc) is 2.99. The molecule has 1 aromatic carbocycles. The summed E-state index contributed by atoms with van der Waals surface area (Å²) in [7, 11) is 0. The Balaban J connectivity index is 1.56. The number of nitrogens with one attached hydrogen (secondary N) is 2. The van der Waals surface area contributed by atoms with Gasteiger partial charge in [0.15, 0.2) is 0 Å². The normalized spacial score (nSPS) is 22.4. The van der Waals surface area contributed by atoms with Crippen LogP contribution in [-0.4, -0.2) is 28.9 Å². The van der Waals surface area contributed by atoms with Crippen LogP contribution in [0, 0.1) is 12.8 Å². The molecule has 3 rings (SSSR count). The highest BCUT2D eigenvalue weighted by Gasteiger charge is 2.22. The summed E-state index contributed by atoms with van der Waals surface area (Å²) in [6, 6.07) is 4.79. The SMILES string of the molecule is Cc1c(O[C@H]2CC[C@H](NCC(C)C)CC2)ccc2[nH]ncc12. The number of rotatable bonds is 5. The van der Waals surface area contributed by atoms with Gasteiger partial charge in [0.05, 0.1) is 17.8 Å². The Bertz CT molecular complexity index is 612. The van der Waals surface area contributed by atoms with E-state index in [0.29, 0.717) is 12.1 Å². The first-order valence-corrected chi connectivity index (χ1v) is 8.46. The summed E-state index contributed by atoms with van der Waals surface area (Å²) < 4.78 is 6.27. The highest BCUT2D eigenvalue weighted by molar-refractivity contribution is 5.83. The second-order valence-electron chi connectivity index (χ2n) is 6.91. The van der Waals surface area contributed by atoms with Gasteiger partial charge in [0, 0.05) is 17.0 Å². The lowest BCUT2D eigenvalue weighted by molar-refractivity contribution is 0.138. The molecule has 2 aromatic rings. The van der Waals surface area contributed by atoms with Gasteiger partial charge in [-0.15, -0.1) is 0 Å². The number of benzene rings is 1. The van der Waals surface area contributed by atoms with E-state index in [9.17, 15) is 0 Å². The van der Waals surface area contributed by atoms with Crippen molar-refractivity contribution in [3.05, 3.63) is 23.9 Å². The molecule has 4 nitrogen and oxygen atoms in total. The largest absolute Gasteiger partial charge is 0.490 e. The molecule has 0 bridgehead atoms. The molecule has 0 atom stereocenters. The van der Waals surface area contributed by atoms with Crippen LogP contribution in [0.1, 0.15) is 45.1 Å². The number of hydrogen-bond donors (Lipinski definition) is 2. The summed E-state index contributed by atoms with van der Waals surface area (Å²) >= 11 is 0. The number of aryl methyl sites for hydroxylation is 1. The molecule has 4 heteroatoms. The molecule has 0 spiro atoms. The van der Waals surface area contributed by atoms with E-state index in [1.807, 2.05) is 6.20 Å². The van der Waals surface area contributed by atoms with E-state index in [0.717, 1.165) is 42.0 Å². The molecule has 1 aliphatic rings. The topological polar surface area (TPSA) is 49.9 Å². The van der Waals surface area contributed by atoms with Crippen LogP contribution in [0.2, 0.25) is 0 Å². The Morgan fingerprint density at radius 3 is 2.77 bits per heavy atom. The maximum Gasteiger partial charge on any atom is 0.123 e. The summed E-state index contributed by atoms with van der Waals surface area (Å²) in [5.74, 6) is 1.73. The summed E-state index contributed by atoms with van der Waals surface area (Å²) in [4.78, 5) is 0. The van der Waals surface area contributed by atoms with Crippen molar-refractivity contribution in [2.45, 2.75) is 58.6 Å². The number of hydrogen-bond acceptors (Lipinski definition) is 3. The third kappa shape index (κ3) is 3.43. The van der Waals surface area contributed by atoms with Crippen LogP contribution >= 0.6 is 0 Å². The molecular weight excluding hydrogens is 274 g/mol. The standard InChI is InChI=1S/C18H27N3O/c1-12(2)10-19-14-4-6-15(7-5-14)22-18-9-8-17-16(13(18)3)11-20-21-17/h8-9,11-12,14-15,19H,4-7,10H2,1-3H3,(H,20,21)/t14-,15-. The fourth-order valence-corrected chi connectivity index (χ4v) is 3.23. The third-order valence-corrected chi connectivity index (χ3v) is 4.63. The fourth-order valence-electron chi connectivity index (χ4n) is 3.23. The van der Waals surface area contributed by atoms with Crippen LogP contribution in [0.25, 0.3) is 10.9 Å². The molecule has 0 aliphatic heterocycles. The summed E-state index contributed by atoms with van der Waals surface area (Å²) in [5, 5.41) is 11.9. The first-order chi connectivity index (χ1) is 10.6. The van der Waals surface area contributed by atoms with E-state index in [-0.39, 0.29) is 0 Å². The van der Waals surface area contributed by atoms with Crippen LogP contribution in [0.5, 0.6) is 5.75 Å². The van der Waals surface area contributed by atoms with Gasteiger partial charge in [-0.2, -0.15) is 5.10 Å². The van der Waals surface area contributed by atoms with Crippen LogP contribution in [0.4, 0.5) is 0 Å². The Morgan fingerprint density at radius 2 is 2.05 bits per heavy atom. The van der Waals surface area contributed by atoms with Gasteiger partial charge in [0.2, 0.25) is 0 Å². The molecule has 1 fully saturated rings. The molecule has 1 saturated carbocycles. The number of ether oxygens (including phenoxy) is 1. The Kier molecular flexibility index (Phi) is 4.67. The van der Waals surface area contributed by atoms with Crippen molar-refractivity contribution in [2.24, 2.45) is 5.92 Å². The molecule has 0 radical (unpaired) electrons. The van der Waals surface area contributed by atoms with Crippen LogP contribution < -0.4 is 10.1 Å². The van der Waals surface area contributed by atoms with E-state index in [1.54, 1.807) is 0 Å². The molecule has 0 amide bonds. The zero-order valence-corrected chi connectivity index (χ0v) is 13.9. The van der Waals surface area contributed by atoms with E-state index in [4.69, 9.17) is 4.74 Å². The predicted octanol–water partition coefficient (Wildman–Crippen LogP) is 3.81. The first kappa shape index (κ1) is 15.3. The molecule has 0 unspecified atom stereocenters. The Labute approximate surface area is 132 Å². The van der Waals surface area contributed by atoms with Gasteiger partial charge in [-0.1, -0.05) is 13.8 Å². The van der Waals surface area contributed by atoms with E-state index < -0.39 is 0 Å². The maximum atomic E-state index is 6.27. The summed E-state index contributed by atoms with van der Waals surface area (Å²) in [6.07, 6.45) is 6.93. The second kappa shape index (κ2) is 6.69. The summed E-state index contributed by atoms with van der Waals surface area (Å²) in [5.41, 5.74) is 2.26. The number of fused-ring (bicyclic) bond motifs is 1. The average molecular weight is 301 g/mol. The summed E-state index contributed by atoms with van der Waals surface area (Å²) in [6.45, 7) is 7.75. The molecule has 0 saturated heterocycles. The van der Waals surface area contributed by atoms with E-state index in [1.165, 1.54) is 18.4 Å². The minimum Gasteiger partial charge on any atom is -0.490 e. The van der Waals surface area contributed by atoms with Gasteiger partial charge >= 0.3 is 0 Å². The lowest BCUT2D eigenvalue weighted by Crippen LogP contribution is -2.38. The second-order valence-corrected chi connectivity index (χ2v) is 6.91. The minimum atomic E-state index is 0.347. The zero-order valence-electron chi connectivity index (χ0n) is 13.9. The van der Waals surface area contributed by atoms with Gasteiger partial charge < -0.3 is 10.1 Å². The fraction of sp³-hybridized carbons (Fsp3) is 0.611. The van der Waals surface area contributed by atoms with Gasteiger partial charge in [-0.05, 0) is 57.2 Å². The van der Waals surface area contributed by atoms with Crippen LogP contribution in [0.15, 0.2) is 18.3 Å². The van der Waals surface area contributed by atoms with Crippen molar-refractivity contribution in [3.63, 3.8) is 0 Å². The van der Waals surface area contributed by atoms with Crippen molar-refractivity contribution in [2.75, 3.05) is 6.54 Å². The van der Waals surface area contributed by atoms with Gasteiger partial charge in [0.1, 0.15) is 5.75 Å². The van der Waals surface area contributed by atoms with E-state index >= 15 is 0 Å². The molecule has 22 heavy (non-hydrogen) atoms. The number of H-pyrrole nitrogens is 1. The minimum absolute atomic E-state index is 0.347. The van der Waals surface area contributed by atoms with Gasteiger partial charge in [-0.3, -0.25) is 5.10 Å². The molecule has 1 heterocycles. The monoisotopic (exact) mass is 301 g/mol. The molecule has 1 aromatic heterocycles. The molecule has 120 valence electrons. The zero-order chi connectivity index (χ0) is 15.5. The molecule has 1 aliphatic carbocycles. The van der Waals surface area contributed by atoms with Crippen molar-refractivity contribution >= 4 is 10.9 Å². The molecular formula is C18H27N3O. The smallest absolute Gasteiger partial charge is 0.123 e. The van der Waals surface area contributed by atoms with E-state index in [2.05, 4.69) is 48.4 Å². The number of aromatic nitrogens is 2. The lowest BCUT2D eigenvalue weighted by Gasteiger charge is -2.30. The highest BCUT2D eigenvalue weighted by atomic mass is 16.5. The van der Waals surface area contributed by atoms with Crippen LogP contribution in [0.3, 0.4) is 0 Å². The predicted molar refractivity (Wildman–Crippen MR) is 90.3 cm³/mol. The Morgan fingerprint density at radius 1 is 1.27 bits per heavy atom. The number of aromatic amines is 1. The van der Waals surface area contributed by atoms with Crippen molar-refractivity contribution in [1.82, 2.24) is 15.5 Å². The Hall–Kier alpha value is -1.55. The van der Waals surface area contributed by atoms with Crippen molar-refractivity contribution in [3.8, 4) is 5.75 Å². The van der Waals surface area contributed by atoms with Crippen molar-refractivity contribution in [1.29, 1.82) is 0 Å².